The van der Waals surface area contributed by atoms with E-state index >= 15 is 0 Å². The maximum Gasteiger partial charge on any atom is 0.240 e. The predicted octanol–water partition coefficient (Wildman–Crippen LogP) is 2.69. The van der Waals surface area contributed by atoms with E-state index in [4.69, 9.17) is 16.9 Å². The van der Waals surface area contributed by atoms with Gasteiger partial charge in [0, 0.05) is 11.6 Å². The maximum atomic E-state index is 12.1. The Balaban J connectivity index is 2.11. The SMILES string of the molecule is N#Cc1ccc(CNS(=O)(=O)c2cccc(Cl)c2)cc1. The van der Waals surface area contributed by atoms with E-state index in [2.05, 4.69) is 4.72 Å². The van der Waals surface area contributed by atoms with Gasteiger partial charge in [0.05, 0.1) is 16.5 Å². The summed E-state index contributed by atoms with van der Waals surface area (Å²) in [7, 11) is -3.60. The molecular formula is C14H11ClN2O2S. The molecule has 2 rings (SSSR count). The van der Waals surface area contributed by atoms with Crippen LogP contribution in [0.4, 0.5) is 0 Å². The molecule has 0 unspecified atom stereocenters. The normalized spacial score (nSPS) is 11.0. The van der Waals surface area contributed by atoms with Gasteiger partial charge in [-0.15, -0.1) is 0 Å². The first-order chi connectivity index (χ1) is 9.51. The van der Waals surface area contributed by atoms with Crippen molar-refractivity contribution in [1.82, 2.24) is 4.72 Å². The summed E-state index contributed by atoms with van der Waals surface area (Å²) in [5, 5.41) is 9.06. The standard InChI is InChI=1S/C14H11ClN2O2S/c15-13-2-1-3-14(8-13)20(18,19)17-10-12-6-4-11(9-16)5-7-12/h1-8,17H,10H2. The molecule has 20 heavy (non-hydrogen) atoms. The van der Waals surface area contributed by atoms with Crippen LogP contribution in [0.1, 0.15) is 11.1 Å². The predicted molar refractivity (Wildman–Crippen MR) is 76.6 cm³/mol. The van der Waals surface area contributed by atoms with Crippen molar-refractivity contribution in [2.24, 2.45) is 0 Å². The molecule has 0 saturated carbocycles. The van der Waals surface area contributed by atoms with Gasteiger partial charge in [0.25, 0.3) is 0 Å². The number of rotatable bonds is 4. The van der Waals surface area contributed by atoms with Crippen molar-refractivity contribution in [3.05, 3.63) is 64.7 Å². The molecule has 0 spiro atoms. The summed E-state index contributed by atoms with van der Waals surface area (Å²) in [5.41, 5.74) is 1.31. The van der Waals surface area contributed by atoms with Gasteiger partial charge in [0.15, 0.2) is 0 Å². The molecule has 0 bridgehead atoms. The van der Waals surface area contributed by atoms with Crippen LogP contribution >= 0.6 is 11.6 Å². The van der Waals surface area contributed by atoms with E-state index in [1.165, 1.54) is 12.1 Å². The lowest BCUT2D eigenvalue weighted by Gasteiger charge is -2.07. The van der Waals surface area contributed by atoms with Gasteiger partial charge in [-0.3, -0.25) is 0 Å². The third-order valence-electron chi connectivity index (χ3n) is 2.66. The van der Waals surface area contributed by atoms with Crippen LogP contribution in [-0.4, -0.2) is 8.42 Å². The second kappa shape index (κ2) is 6.06. The number of nitrogens with one attached hydrogen (secondary N) is 1. The van der Waals surface area contributed by atoms with E-state index in [0.29, 0.717) is 10.6 Å². The minimum Gasteiger partial charge on any atom is -0.207 e. The summed E-state index contributed by atoms with van der Waals surface area (Å²) in [6, 6.07) is 14.8. The van der Waals surface area contributed by atoms with Gasteiger partial charge >= 0.3 is 0 Å². The van der Waals surface area contributed by atoms with Crippen LogP contribution in [0.2, 0.25) is 5.02 Å². The monoisotopic (exact) mass is 306 g/mol. The Morgan fingerprint density at radius 2 is 1.85 bits per heavy atom. The lowest BCUT2D eigenvalue weighted by Crippen LogP contribution is -2.23. The van der Waals surface area contributed by atoms with Crippen molar-refractivity contribution in [2.45, 2.75) is 11.4 Å². The summed E-state index contributed by atoms with van der Waals surface area (Å²) in [6.07, 6.45) is 0. The Morgan fingerprint density at radius 1 is 1.15 bits per heavy atom. The van der Waals surface area contributed by atoms with Gasteiger partial charge in [-0.25, -0.2) is 13.1 Å². The summed E-state index contributed by atoms with van der Waals surface area (Å²) in [4.78, 5) is 0.124. The Morgan fingerprint density at radius 3 is 2.45 bits per heavy atom. The first kappa shape index (κ1) is 14.5. The lowest BCUT2D eigenvalue weighted by molar-refractivity contribution is 0.581. The molecule has 2 aromatic rings. The highest BCUT2D eigenvalue weighted by molar-refractivity contribution is 7.89. The maximum absolute atomic E-state index is 12.1. The summed E-state index contributed by atoms with van der Waals surface area (Å²) in [5.74, 6) is 0. The van der Waals surface area contributed by atoms with Gasteiger partial charge in [-0.2, -0.15) is 5.26 Å². The number of benzene rings is 2. The lowest BCUT2D eigenvalue weighted by atomic mass is 10.1. The summed E-state index contributed by atoms with van der Waals surface area (Å²) in [6.45, 7) is 0.153. The van der Waals surface area contributed by atoms with Crippen molar-refractivity contribution < 1.29 is 8.42 Å². The fourth-order valence-electron chi connectivity index (χ4n) is 1.59. The molecule has 0 aromatic heterocycles. The van der Waals surface area contributed by atoms with Crippen LogP contribution in [0.3, 0.4) is 0 Å². The molecule has 0 aliphatic rings. The number of hydrogen-bond donors (Lipinski definition) is 1. The van der Waals surface area contributed by atoms with E-state index in [0.717, 1.165) is 5.56 Å². The van der Waals surface area contributed by atoms with Gasteiger partial charge in [0.1, 0.15) is 0 Å². The largest absolute Gasteiger partial charge is 0.240 e. The number of hydrogen-bond acceptors (Lipinski definition) is 3. The molecule has 2 aromatic carbocycles. The fourth-order valence-corrected chi connectivity index (χ4v) is 2.91. The van der Waals surface area contributed by atoms with Crippen LogP contribution < -0.4 is 4.72 Å². The zero-order chi connectivity index (χ0) is 14.6. The molecule has 0 saturated heterocycles. The second-order valence-corrected chi connectivity index (χ2v) is 6.29. The Kier molecular flexibility index (Phi) is 4.40. The second-order valence-electron chi connectivity index (χ2n) is 4.09. The summed E-state index contributed by atoms with van der Waals surface area (Å²) >= 11 is 5.78. The molecule has 1 N–H and O–H groups in total. The van der Waals surface area contributed by atoms with Crippen molar-refractivity contribution in [3.63, 3.8) is 0 Å². The number of sulfonamides is 1. The number of nitriles is 1. The van der Waals surface area contributed by atoms with E-state index in [9.17, 15) is 8.42 Å². The summed E-state index contributed by atoms with van der Waals surface area (Å²) < 4.78 is 26.6. The molecule has 0 atom stereocenters. The van der Waals surface area contributed by atoms with Crippen LogP contribution in [0.5, 0.6) is 0 Å². The van der Waals surface area contributed by atoms with Gasteiger partial charge in [0.2, 0.25) is 10.0 Å². The minimum absolute atomic E-state index is 0.124. The topological polar surface area (TPSA) is 70.0 Å². The smallest absolute Gasteiger partial charge is 0.207 e. The van der Waals surface area contributed by atoms with E-state index in [1.807, 2.05) is 6.07 Å². The Labute approximate surface area is 122 Å². The molecular weight excluding hydrogens is 296 g/mol. The van der Waals surface area contributed by atoms with Crippen molar-refractivity contribution in [1.29, 1.82) is 5.26 Å². The number of nitrogens with zero attached hydrogens (tertiary/aromatic N) is 1. The van der Waals surface area contributed by atoms with E-state index < -0.39 is 10.0 Å². The Hall–Kier alpha value is -1.87. The highest BCUT2D eigenvalue weighted by Crippen LogP contribution is 2.15. The minimum atomic E-state index is -3.60. The van der Waals surface area contributed by atoms with Crippen LogP contribution in [0.25, 0.3) is 0 Å². The van der Waals surface area contributed by atoms with Gasteiger partial charge in [-0.05, 0) is 35.9 Å². The first-order valence-electron chi connectivity index (χ1n) is 5.75. The van der Waals surface area contributed by atoms with Crippen molar-refractivity contribution in [2.75, 3.05) is 0 Å². The average molecular weight is 307 g/mol. The third-order valence-corrected chi connectivity index (χ3v) is 4.29. The average Bonchev–Trinajstić information content (AvgIpc) is 2.46. The molecule has 6 heteroatoms. The molecule has 0 radical (unpaired) electrons. The van der Waals surface area contributed by atoms with Gasteiger partial charge in [-0.1, -0.05) is 29.8 Å². The molecule has 0 heterocycles. The molecule has 0 amide bonds. The quantitative estimate of drug-likeness (QED) is 0.944. The van der Waals surface area contributed by atoms with Gasteiger partial charge < -0.3 is 0 Å². The molecule has 0 aliphatic heterocycles. The van der Waals surface area contributed by atoms with Crippen LogP contribution in [0.15, 0.2) is 53.4 Å². The number of halogens is 1. The fraction of sp³-hybridized carbons (Fsp3) is 0.0714. The zero-order valence-electron chi connectivity index (χ0n) is 10.4. The van der Waals surface area contributed by atoms with E-state index in [-0.39, 0.29) is 11.4 Å². The third kappa shape index (κ3) is 3.58. The van der Waals surface area contributed by atoms with Crippen LogP contribution in [0, 0.1) is 11.3 Å². The highest BCUT2D eigenvalue weighted by atomic mass is 35.5. The van der Waals surface area contributed by atoms with E-state index in [1.54, 1.807) is 36.4 Å². The zero-order valence-corrected chi connectivity index (χ0v) is 11.9. The first-order valence-corrected chi connectivity index (χ1v) is 7.62. The molecule has 102 valence electrons. The Bertz CT molecular complexity index is 749. The molecule has 0 aliphatic carbocycles. The van der Waals surface area contributed by atoms with Crippen molar-refractivity contribution in [3.8, 4) is 6.07 Å². The molecule has 4 nitrogen and oxygen atoms in total. The molecule has 0 fully saturated rings. The highest BCUT2D eigenvalue weighted by Gasteiger charge is 2.13. The van der Waals surface area contributed by atoms with Crippen molar-refractivity contribution >= 4 is 21.6 Å². The van der Waals surface area contributed by atoms with Crippen LogP contribution in [-0.2, 0) is 16.6 Å².